The minimum atomic E-state index is -0.423. The van der Waals surface area contributed by atoms with E-state index in [1.807, 2.05) is 6.07 Å². The molecule has 3 rings (SSSR count). The molecule has 106 valence electrons. The molecule has 0 aliphatic heterocycles. The average Bonchev–Trinajstić information content (AvgIpc) is 2.87. The highest BCUT2D eigenvalue weighted by Gasteiger charge is 2.16. The van der Waals surface area contributed by atoms with Crippen LogP contribution in [0, 0.1) is 5.82 Å². The van der Waals surface area contributed by atoms with Crippen molar-refractivity contribution >= 4 is 37.5 Å². The number of aromatic nitrogens is 3. The Kier molecular flexibility index (Phi) is 3.73. The lowest BCUT2D eigenvalue weighted by atomic mass is 10.2. The molecule has 0 saturated heterocycles. The van der Waals surface area contributed by atoms with Crippen LogP contribution in [0.4, 0.5) is 10.1 Å². The summed E-state index contributed by atoms with van der Waals surface area (Å²) in [5.74, 6) is 0.0977. The number of nitrogen functional groups attached to an aromatic ring is 1. The van der Waals surface area contributed by atoms with E-state index in [9.17, 15) is 4.39 Å². The lowest BCUT2D eigenvalue weighted by molar-refractivity contribution is 0.432. The van der Waals surface area contributed by atoms with Gasteiger partial charge >= 0.3 is 0 Å². The van der Waals surface area contributed by atoms with Crippen LogP contribution in [0.1, 0.15) is 0 Å². The Labute approximate surface area is 135 Å². The van der Waals surface area contributed by atoms with Crippen molar-refractivity contribution in [3.05, 3.63) is 45.2 Å². The standard InChI is InChI=1S/C13H7Br2FN4O/c14-6-3-9(15)11(18-5-6)12-19-13(21-20-12)8-2-1-7(16)4-10(8)17/h1-5H,17H2. The van der Waals surface area contributed by atoms with Crippen LogP contribution < -0.4 is 5.73 Å². The van der Waals surface area contributed by atoms with Crippen molar-refractivity contribution in [1.29, 1.82) is 0 Å². The van der Waals surface area contributed by atoms with Crippen LogP contribution >= 0.6 is 31.9 Å². The molecule has 2 N–H and O–H groups in total. The molecule has 0 bridgehead atoms. The molecule has 0 saturated carbocycles. The molecule has 0 spiro atoms. The number of nitrogens with zero attached hydrogens (tertiary/aromatic N) is 3. The Hall–Kier alpha value is -1.80. The molecule has 0 amide bonds. The van der Waals surface area contributed by atoms with Crippen LogP contribution in [-0.4, -0.2) is 15.1 Å². The lowest BCUT2D eigenvalue weighted by Crippen LogP contribution is -1.92. The molecule has 8 heteroatoms. The van der Waals surface area contributed by atoms with E-state index in [4.69, 9.17) is 10.3 Å². The van der Waals surface area contributed by atoms with Crippen LogP contribution in [0.5, 0.6) is 0 Å². The zero-order chi connectivity index (χ0) is 15.0. The van der Waals surface area contributed by atoms with Crippen molar-refractivity contribution in [2.24, 2.45) is 0 Å². The molecule has 1 aromatic carbocycles. The number of hydrogen-bond acceptors (Lipinski definition) is 5. The first-order chi connectivity index (χ1) is 10.0. The van der Waals surface area contributed by atoms with Gasteiger partial charge in [0.1, 0.15) is 11.5 Å². The van der Waals surface area contributed by atoms with E-state index < -0.39 is 5.82 Å². The van der Waals surface area contributed by atoms with Crippen molar-refractivity contribution in [3.63, 3.8) is 0 Å². The molecule has 0 aliphatic rings. The molecule has 2 aromatic heterocycles. The average molecular weight is 414 g/mol. The van der Waals surface area contributed by atoms with E-state index in [1.54, 1.807) is 6.20 Å². The predicted octanol–water partition coefficient (Wildman–Crippen LogP) is 4.04. The van der Waals surface area contributed by atoms with Crippen LogP contribution in [-0.2, 0) is 0 Å². The number of rotatable bonds is 2. The fourth-order valence-electron chi connectivity index (χ4n) is 1.74. The molecule has 0 aliphatic carbocycles. The quantitative estimate of drug-likeness (QED) is 0.641. The summed E-state index contributed by atoms with van der Waals surface area (Å²) in [4.78, 5) is 8.47. The molecular weight excluding hydrogens is 407 g/mol. The normalized spacial score (nSPS) is 10.8. The maximum atomic E-state index is 13.1. The first-order valence-electron chi connectivity index (χ1n) is 5.75. The number of benzene rings is 1. The van der Waals surface area contributed by atoms with Crippen LogP contribution in [0.25, 0.3) is 23.0 Å². The van der Waals surface area contributed by atoms with E-state index in [2.05, 4.69) is 47.0 Å². The molecule has 21 heavy (non-hydrogen) atoms. The minimum Gasteiger partial charge on any atom is -0.398 e. The summed E-state index contributed by atoms with van der Waals surface area (Å²) in [6.45, 7) is 0. The molecule has 0 fully saturated rings. The van der Waals surface area contributed by atoms with Gasteiger partial charge in [0, 0.05) is 20.8 Å². The van der Waals surface area contributed by atoms with Gasteiger partial charge in [-0.3, -0.25) is 4.98 Å². The summed E-state index contributed by atoms with van der Waals surface area (Å²) in [5.41, 5.74) is 6.99. The SMILES string of the molecule is Nc1cc(F)ccc1-c1nc(-c2ncc(Br)cc2Br)no1. The monoisotopic (exact) mass is 412 g/mol. The number of hydrogen-bond donors (Lipinski definition) is 1. The van der Waals surface area contributed by atoms with Crippen LogP contribution in [0.2, 0.25) is 0 Å². The highest BCUT2D eigenvalue weighted by molar-refractivity contribution is 9.11. The van der Waals surface area contributed by atoms with Crippen molar-refractivity contribution in [1.82, 2.24) is 15.1 Å². The van der Waals surface area contributed by atoms with Crippen LogP contribution in [0.3, 0.4) is 0 Å². The molecule has 2 heterocycles. The third-order valence-electron chi connectivity index (χ3n) is 2.69. The predicted molar refractivity (Wildman–Crippen MR) is 82.7 cm³/mol. The maximum Gasteiger partial charge on any atom is 0.260 e. The van der Waals surface area contributed by atoms with Gasteiger partial charge in [0.05, 0.1) is 5.56 Å². The van der Waals surface area contributed by atoms with Crippen molar-refractivity contribution < 1.29 is 8.91 Å². The lowest BCUT2D eigenvalue weighted by Gasteiger charge is -2.00. The molecule has 3 aromatic rings. The first kappa shape index (κ1) is 14.2. The van der Waals surface area contributed by atoms with Crippen molar-refractivity contribution in [2.45, 2.75) is 0 Å². The summed E-state index contributed by atoms with van der Waals surface area (Å²) in [7, 11) is 0. The summed E-state index contributed by atoms with van der Waals surface area (Å²) in [5, 5.41) is 3.87. The van der Waals surface area contributed by atoms with Gasteiger partial charge in [-0.25, -0.2) is 4.39 Å². The highest BCUT2D eigenvalue weighted by atomic mass is 79.9. The number of nitrogens with two attached hydrogens (primary N) is 1. The van der Waals surface area contributed by atoms with Gasteiger partial charge in [-0.2, -0.15) is 4.98 Å². The Morgan fingerprint density at radius 1 is 1.19 bits per heavy atom. The van der Waals surface area contributed by atoms with E-state index in [0.717, 1.165) is 8.95 Å². The van der Waals surface area contributed by atoms with Gasteiger partial charge in [0.2, 0.25) is 5.82 Å². The number of pyridine rings is 1. The van der Waals surface area contributed by atoms with Crippen molar-refractivity contribution in [3.8, 4) is 23.0 Å². The summed E-state index contributed by atoms with van der Waals surface area (Å²) in [6, 6.07) is 5.80. The topological polar surface area (TPSA) is 77.8 Å². The fourth-order valence-corrected chi connectivity index (χ4v) is 2.90. The number of anilines is 1. The van der Waals surface area contributed by atoms with Crippen LogP contribution in [0.15, 0.2) is 43.9 Å². The fraction of sp³-hybridized carbons (Fsp3) is 0. The van der Waals surface area contributed by atoms with Gasteiger partial charge in [-0.05, 0) is 56.1 Å². The van der Waals surface area contributed by atoms with E-state index in [-0.39, 0.29) is 11.6 Å². The van der Waals surface area contributed by atoms with Gasteiger partial charge in [0.15, 0.2) is 0 Å². The summed E-state index contributed by atoms with van der Waals surface area (Å²) < 4.78 is 19.8. The molecule has 0 unspecified atom stereocenters. The Morgan fingerprint density at radius 3 is 2.71 bits per heavy atom. The van der Waals surface area contributed by atoms with Crippen molar-refractivity contribution in [2.75, 3.05) is 5.73 Å². The zero-order valence-corrected chi connectivity index (χ0v) is 13.5. The smallest absolute Gasteiger partial charge is 0.260 e. The number of halogens is 3. The zero-order valence-electron chi connectivity index (χ0n) is 10.3. The Bertz CT molecular complexity index is 756. The summed E-state index contributed by atoms with van der Waals surface area (Å²) in [6.07, 6.45) is 1.63. The third-order valence-corrected chi connectivity index (χ3v) is 3.73. The highest BCUT2D eigenvalue weighted by Crippen LogP contribution is 2.30. The second-order valence-electron chi connectivity index (χ2n) is 4.14. The Balaban J connectivity index is 2.03. The minimum absolute atomic E-state index is 0.208. The van der Waals surface area contributed by atoms with Gasteiger partial charge in [0.25, 0.3) is 5.89 Å². The molecule has 0 atom stereocenters. The molecule has 0 radical (unpaired) electrons. The third kappa shape index (κ3) is 2.81. The van der Waals surface area contributed by atoms with E-state index >= 15 is 0 Å². The second kappa shape index (κ2) is 5.53. The van der Waals surface area contributed by atoms with Gasteiger partial charge in [-0.1, -0.05) is 5.16 Å². The summed E-state index contributed by atoms with van der Waals surface area (Å²) >= 11 is 6.70. The van der Waals surface area contributed by atoms with Gasteiger partial charge in [-0.15, -0.1) is 0 Å². The van der Waals surface area contributed by atoms with E-state index in [0.29, 0.717) is 17.1 Å². The molecule has 5 nitrogen and oxygen atoms in total. The first-order valence-corrected chi connectivity index (χ1v) is 7.34. The molecular formula is C13H7Br2FN4O. The maximum absolute atomic E-state index is 13.1. The van der Waals surface area contributed by atoms with Gasteiger partial charge < -0.3 is 10.3 Å². The van der Waals surface area contributed by atoms with E-state index in [1.165, 1.54) is 18.2 Å². The largest absolute Gasteiger partial charge is 0.398 e. The second-order valence-corrected chi connectivity index (χ2v) is 5.91. The Morgan fingerprint density at radius 2 is 2.00 bits per heavy atom.